The first-order chi connectivity index (χ1) is 7.69. The summed E-state index contributed by atoms with van der Waals surface area (Å²) in [6, 6.07) is 7.14. The number of halogens is 1. The third-order valence-corrected chi connectivity index (χ3v) is 2.60. The number of carbonyl (C=O) groups excluding carboxylic acids is 2. The molecule has 0 fully saturated rings. The zero-order valence-corrected chi connectivity index (χ0v) is 10.5. The van der Waals surface area contributed by atoms with E-state index in [1.165, 1.54) is 4.90 Å². The van der Waals surface area contributed by atoms with Crippen LogP contribution in [-0.2, 0) is 4.79 Å². The molecule has 16 heavy (non-hydrogen) atoms. The molecule has 0 aliphatic rings. The molecule has 1 N–H and O–H groups in total. The van der Waals surface area contributed by atoms with Crippen molar-refractivity contribution in [3.63, 3.8) is 0 Å². The van der Waals surface area contributed by atoms with Crippen molar-refractivity contribution >= 4 is 33.9 Å². The number of amides is 2. The molecule has 0 saturated carbocycles. The maximum Gasteiger partial charge on any atom is 0.321 e. The number of aldehydes is 1. The van der Waals surface area contributed by atoms with Crippen LogP contribution in [0.2, 0.25) is 0 Å². The number of urea groups is 1. The summed E-state index contributed by atoms with van der Waals surface area (Å²) < 4.78 is 0.948. The molecular formula is C11H13BrN2O2. The lowest BCUT2D eigenvalue weighted by molar-refractivity contribution is -0.107. The van der Waals surface area contributed by atoms with Crippen LogP contribution in [0.5, 0.6) is 0 Å². The van der Waals surface area contributed by atoms with E-state index in [-0.39, 0.29) is 6.03 Å². The number of benzene rings is 1. The van der Waals surface area contributed by atoms with Crippen molar-refractivity contribution in [1.29, 1.82) is 0 Å². The Morgan fingerprint density at radius 1 is 1.44 bits per heavy atom. The Labute approximate surface area is 103 Å². The first kappa shape index (κ1) is 12.7. The summed E-state index contributed by atoms with van der Waals surface area (Å²) in [5.74, 6) is 0. The zero-order chi connectivity index (χ0) is 12.0. The Balaban J connectivity index is 2.86. The van der Waals surface area contributed by atoms with E-state index >= 15 is 0 Å². The number of nitrogens with one attached hydrogen (secondary N) is 1. The predicted molar refractivity (Wildman–Crippen MR) is 66.6 cm³/mol. The molecule has 4 nitrogen and oxygen atoms in total. The topological polar surface area (TPSA) is 49.4 Å². The van der Waals surface area contributed by atoms with Crippen molar-refractivity contribution in [2.75, 3.05) is 18.5 Å². The normalized spacial score (nSPS) is 9.62. The van der Waals surface area contributed by atoms with Gasteiger partial charge in [0.1, 0.15) is 6.29 Å². The second kappa shape index (κ2) is 6.27. The van der Waals surface area contributed by atoms with E-state index in [4.69, 9.17) is 0 Å². The van der Waals surface area contributed by atoms with Gasteiger partial charge in [-0.2, -0.15) is 0 Å². The monoisotopic (exact) mass is 284 g/mol. The van der Waals surface area contributed by atoms with Crippen LogP contribution in [-0.4, -0.2) is 25.9 Å². The van der Waals surface area contributed by atoms with Crippen molar-refractivity contribution in [3.8, 4) is 0 Å². The highest BCUT2D eigenvalue weighted by molar-refractivity contribution is 9.10. The van der Waals surface area contributed by atoms with E-state index in [9.17, 15) is 9.59 Å². The van der Waals surface area contributed by atoms with Crippen LogP contribution in [0.25, 0.3) is 0 Å². The number of carbonyl (C=O) groups is 2. The molecule has 0 bridgehead atoms. The fourth-order valence-electron chi connectivity index (χ4n) is 1.29. The summed E-state index contributed by atoms with van der Waals surface area (Å²) in [5, 5.41) is 2.55. The van der Waals surface area contributed by atoms with E-state index in [0.717, 1.165) is 16.4 Å². The Bertz CT molecular complexity index is 365. The van der Waals surface area contributed by atoms with Crippen molar-refractivity contribution in [1.82, 2.24) is 5.32 Å². The van der Waals surface area contributed by atoms with Crippen molar-refractivity contribution in [3.05, 3.63) is 28.7 Å². The number of rotatable bonds is 4. The molecule has 0 aromatic heterocycles. The summed E-state index contributed by atoms with van der Waals surface area (Å²) in [4.78, 5) is 23.5. The fraction of sp³-hybridized carbons (Fsp3) is 0.273. The molecule has 0 unspecified atom stereocenters. The molecule has 2 amide bonds. The van der Waals surface area contributed by atoms with E-state index in [0.29, 0.717) is 13.0 Å². The number of anilines is 1. The van der Waals surface area contributed by atoms with Crippen LogP contribution in [0.3, 0.4) is 0 Å². The van der Waals surface area contributed by atoms with Crippen LogP contribution in [0.4, 0.5) is 10.5 Å². The van der Waals surface area contributed by atoms with E-state index in [1.54, 1.807) is 7.05 Å². The van der Waals surface area contributed by atoms with Gasteiger partial charge in [-0.3, -0.25) is 4.90 Å². The number of nitrogens with zero attached hydrogens (tertiary/aromatic N) is 1. The first-order valence-electron chi connectivity index (χ1n) is 4.87. The van der Waals surface area contributed by atoms with E-state index < -0.39 is 0 Å². The molecule has 1 aromatic rings. The lowest BCUT2D eigenvalue weighted by Gasteiger charge is -2.21. The third kappa shape index (κ3) is 3.34. The minimum atomic E-state index is -0.218. The summed E-state index contributed by atoms with van der Waals surface area (Å²) in [6.45, 7) is 0.380. The Morgan fingerprint density at radius 3 is 2.56 bits per heavy atom. The number of hydrogen-bond donors (Lipinski definition) is 1. The molecule has 0 aliphatic carbocycles. The minimum Gasteiger partial charge on any atom is -0.341 e. The molecule has 1 aromatic carbocycles. The second-order valence-corrected chi connectivity index (χ2v) is 4.05. The lowest BCUT2D eigenvalue weighted by atomic mass is 10.3. The highest BCUT2D eigenvalue weighted by Gasteiger charge is 2.13. The van der Waals surface area contributed by atoms with Gasteiger partial charge in [0, 0.05) is 30.2 Å². The van der Waals surface area contributed by atoms with Gasteiger partial charge in [0.25, 0.3) is 0 Å². The van der Waals surface area contributed by atoms with E-state index in [2.05, 4.69) is 21.2 Å². The molecule has 1 rings (SSSR count). The van der Waals surface area contributed by atoms with Gasteiger partial charge in [0.15, 0.2) is 0 Å². The molecule has 0 aliphatic heterocycles. The summed E-state index contributed by atoms with van der Waals surface area (Å²) in [6.07, 6.45) is 1.12. The van der Waals surface area contributed by atoms with Crippen molar-refractivity contribution < 1.29 is 9.59 Å². The fourth-order valence-corrected chi connectivity index (χ4v) is 1.55. The quantitative estimate of drug-likeness (QED) is 0.862. The molecule has 0 saturated heterocycles. The van der Waals surface area contributed by atoms with Gasteiger partial charge >= 0.3 is 6.03 Å². The van der Waals surface area contributed by atoms with Crippen LogP contribution < -0.4 is 10.2 Å². The summed E-state index contributed by atoms with van der Waals surface area (Å²) in [7, 11) is 1.56. The predicted octanol–water partition coefficient (Wildman–Crippen LogP) is 2.18. The molecule has 0 heterocycles. The van der Waals surface area contributed by atoms with Crippen molar-refractivity contribution in [2.45, 2.75) is 6.42 Å². The second-order valence-electron chi connectivity index (χ2n) is 3.14. The van der Waals surface area contributed by atoms with Crippen LogP contribution in [0.15, 0.2) is 28.7 Å². The van der Waals surface area contributed by atoms with Crippen LogP contribution >= 0.6 is 15.9 Å². The highest BCUT2D eigenvalue weighted by atomic mass is 79.9. The largest absolute Gasteiger partial charge is 0.341 e. The van der Waals surface area contributed by atoms with Gasteiger partial charge in [-0.1, -0.05) is 15.9 Å². The third-order valence-electron chi connectivity index (χ3n) is 2.07. The SMILES string of the molecule is CNC(=O)N(CCC=O)c1ccc(Br)cc1. The number of hydrogen-bond acceptors (Lipinski definition) is 2. The molecule has 0 atom stereocenters. The molecule has 0 spiro atoms. The lowest BCUT2D eigenvalue weighted by Crippen LogP contribution is -2.38. The summed E-state index contributed by atoms with van der Waals surface area (Å²) >= 11 is 3.33. The maximum absolute atomic E-state index is 11.6. The van der Waals surface area contributed by atoms with Crippen molar-refractivity contribution in [2.24, 2.45) is 0 Å². The van der Waals surface area contributed by atoms with Crippen LogP contribution in [0.1, 0.15) is 6.42 Å². The minimum absolute atomic E-state index is 0.218. The summed E-state index contributed by atoms with van der Waals surface area (Å²) in [5.41, 5.74) is 0.768. The average molecular weight is 285 g/mol. The van der Waals surface area contributed by atoms with Gasteiger partial charge in [0.2, 0.25) is 0 Å². The van der Waals surface area contributed by atoms with Gasteiger partial charge in [-0.15, -0.1) is 0 Å². The Hall–Kier alpha value is -1.36. The van der Waals surface area contributed by atoms with Gasteiger partial charge < -0.3 is 10.1 Å². The first-order valence-corrected chi connectivity index (χ1v) is 5.66. The van der Waals surface area contributed by atoms with E-state index in [1.807, 2.05) is 24.3 Å². The molecule has 0 radical (unpaired) electrons. The highest BCUT2D eigenvalue weighted by Crippen LogP contribution is 2.18. The molecule has 5 heteroatoms. The maximum atomic E-state index is 11.6. The molecule has 86 valence electrons. The Morgan fingerprint density at radius 2 is 2.06 bits per heavy atom. The Kier molecular flexibility index (Phi) is 4.98. The standard InChI is InChI=1S/C11H13BrN2O2/c1-13-11(16)14(7-2-8-15)10-5-3-9(12)4-6-10/h3-6,8H,2,7H2,1H3,(H,13,16). The van der Waals surface area contributed by atoms with Crippen LogP contribution in [0, 0.1) is 0 Å². The zero-order valence-electron chi connectivity index (χ0n) is 8.94. The van der Waals surface area contributed by atoms with Gasteiger partial charge in [-0.25, -0.2) is 4.79 Å². The van der Waals surface area contributed by atoms with Gasteiger partial charge in [-0.05, 0) is 24.3 Å². The van der Waals surface area contributed by atoms with Gasteiger partial charge in [0.05, 0.1) is 0 Å². The smallest absolute Gasteiger partial charge is 0.321 e. The molecular weight excluding hydrogens is 272 g/mol. The average Bonchev–Trinajstić information content (AvgIpc) is 2.31.